The van der Waals surface area contributed by atoms with Crippen molar-refractivity contribution in [3.63, 3.8) is 0 Å². The van der Waals surface area contributed by atoms with Gasteiger partial charge in [0, 0.05) is 19.5 Å². The van der Waals surface area contributed by atoms with Gasteiger partial charge in [0.2, 0.25) is 47.3 Å². The number of aliphatic imine (C=N–C) groups is 1. The second kappa shape index (κ2) is 26.9. The molecule has 2 fully saturated rings. The van der Waals surface area contributed by atoms with Crippen LogP contribution in [0.4, 0.5) is 0 Å². The molecule has 0 bridgehead atoms. The van der Waals surface area contributed by atoms with Crippen LogP contribution in [0.2, 0.25) is 0 Å². The van der Waals surface area contributed by atoms with Crippen LogP contribution in [0.5, 0.6) is 0 Å². The number of nitrogens with two attached hydrogens (primary N) is 2. The molecule has 8 atom stereocenters. The predicted octanol–water partition coefficient (Wildman–Crippen LogP) is -5.02. The highest BCUT2D eigenvalue weighted by atomic mass is 32.2. The van der Waals surface area contributed by atoms with Crippen molar-refractivity contribution in [2.24, 2.45) is 28.3 Å². The van der Waals surface area contributed by atoms with E-state index >= 15 is 0 Å². The van der Waals surface area contributed by atoms with Crippen molar-refractivity contribution in [3.05, 3.63) is 0 Å². The molecule has 2 aliphatic heterocycles. The van der Waals surface area contributed by atoms with Crippen molar-refractivity contribution < 1.29 is 71.1 Å². The molecule has 378 valence electrons. The quantitative estimate of drug-likeness (QED) is 0.0159. The van der Waals surface area contributed by atoms with Gasteiger partial charge in [-0.1, -0.05) is 27.7 Å². The zero-order valence-electron chi connectivity index (χ0n) is 38.2. The first kappa shape index (κ1) is 57.0. The molecule has 0 aromatic carbocycles. The van der Waals surface area contributed by atoms with Crippen LogP contribution in [0.15, 0.2) is 4.99 Å². The molecule has 2 aliphatic rings. The van der Waals surface area contributed by atoms with Crippen LogP contribution in [0, 0.1) is 11.8 Å². The Kier molecular flexibility index (Phi) is 22.8. The van der Waals surface area contributed by atoms with Crippen LogP contribution in [0.3, 0.4) is 0 Å². The number of carboxylic acids is 2. The standard InChI is InChI=1S/C39H66N12O15S/c1-19(2)29(36(60)45-21(5)38(62)63)50-34(58)24(12-13-28(53)54)47-35(59)26-11-8-16-51(26)37(61)30(20(3)4)49-27(52)17-44-31(55)25(18-67(64,65)66)48-33(57)23(10-7-15-43-39(40)41)46-32(56)22-9-6-14-42-22/h19-26,29-30,42H,6-18H2,1-5H3,(H,44,55)(H,45,60)(H,46,56)(H,47,59)(H,48,57)(H,49,52)(H,50,58)(H,53,54)(H,62,63)(H4,40,41,43)(H,64,65,66)/t21-,22-,23-,24-,25-,26-,29-,30-/m0/s1. The summed E-state index contributed by atoms with van der Waals surface area (Å²) in [5, 5.41) is 38.1. The lowest BCUT2D eigenvalue weighted by Gasteiger charge is -2.31. The molecule has 0 unspecified atom stereocenters. The molecule has 0 radical (unpaired) electrons. The van der Waals surface area contributed by atoms with Gasteiger partial charge in [0.05, 0.1) is 12.6 Å². The number of hydrogen-bond acceptors (Lipinski definition) is 14. The van der Waals surface area contributed by atoms with Gasteiger partial charge in [0.25, 0.3) is 10.1 Å². The first-order chi connectivity index (χ1) is 31.2. The molecule has 0 aliphatic carbocycles. The molecule has 2 heterocycles. The third kappa shape index (κ3) is 19.7. The van der Waals surface area contributed by atoms with Crippen LogP contribution < -0.4 is 54.0 Å². The lowest BCUT2D eigenvalue weighted by molar-refractivity contribution is -0.143. The molecule has 8 amide bonds. The highest BCUT2D eigenvalue weighted by molar-refractivity contribution is 7.85. The summed E-state index contributed by atoms with van der Waals surface area (Å²) in [5.41, 5.74) is 10.7. The van der Waals surface area contributed by atoms with Gasteiger partial charge in [-0.2, -0.15) is 8.42 Å². The number of hydrogen-bond donors (Lipinski definition) is 13. The first-order valence-electron chi connectivity index (χ1n) is 21.8. The lowest BCUT2D eigenvalue weighted by atomic mass is 10.0. The van der Waals surface area contributed by atoms with E-state index in [1.54, 1.807) is 27.7 Å². The maximum absolute atomic E-state index is 14.0. The Labute approximate surface area is 387 Å². The SMILES string of the molecule is CC(C)[C@H](NC(=O)[C@H](CCC(=O)O)NC(=O)[C@@H]1CCCN1C(=O)[C@@H](NC(=O)CNC(=O)[C@H](CS(=O)(=O)O)NC(=O)[C@H](CCCN=C(N)N)NC(=O)[C@@H]1CCCN1)C(C)C)C(=O)N[C@@H](C)C(=O)O. The molecule has 2 saturated heterocycles. The number of rotatable bonds is 27. The van der Waals surface area contributed by atoms with Gasteiger partial charge in [-0.05, 0) is 70.3 Å². The smallest absolute Gasteiger partial charge is 0.325 e. The Balaban J connectivity index is 2.20. The summed E-state index contributed by atoms with van der Waals surface area (Å²) in [7, 11) is -4.93. The van der Waals surface area contributed by atoms with E-state index in [1.165, 1.54) is 6.92 Å². The second-order valence-corrected chi connectivity index (χ2v) is 18.5. The van der Waals surface area contributed by atoms with Gasteiger partial charge >= 0.3 is 11.9 Å². The topological polar surface area (TPSA) is 429 Å². The average Bonchev–Trinajstić information content (AvgIpc) is 3.96. The number of carbonyl (C=O) groups is 10. The fourth-order valence-corrected chi connectivity index (χ4v) is 7.74. The Morgan fingerprint density at radius 1 is 0.731 bits per heavy atom. The summed E-state index contributed by atoms with van der Waals surface area (Å²) in [5.74, 6) is -12.5. The number of carbonyl (C=O) groups excluding carboxylic acids is 8. The monoisotopic (exact) mass is 974 g/mol. The van der Waals surface area contributed by atoms with E-state index in [1.807, 2.05) is 0 Å². The largest absolute Gasteiger partial charge is 0.481 e. The number of carboxylic acid groups (broad SMARTS) is 2. The molecule has 67 heavy (non-hydrogen) atoms. The third-order valence-electron chi connectivity index (χ3n) is 10.7. The summed E-state index contributed by atoms with van der Waals surface area (Å²) in [6, 6.07) is -10.5. The molecule has 0 saturated carbocycles. The molecule has 0 spiro atoms. The van der Waals surface area contributed by atoms with E-state index in [4.69, 9.17) is 11.5 Å². The van der Waals surface area contributed by atoms with Crippen molar-refractivity contribution in [1.29, 1.82) is 0 Å². The Hall–Kier alpha value is -6.16. The van der Waals surface area contributed by atoms with E-state index in [9.17, 15) is 71.1 Å². The molecular weight excluding hydrogens is 909 g/mol. The molecule has 15 N–H and O–H groups in total. The normalized spacial score (nSPS) is 18.5. The molecule has 0 aromatic heterocycles. The molecule has 0 aromatic rings. The van der Waals surface area contributed by atoms with Crippen LogP contribution >= 0.6 is 0 Å². The minimum atomic E-state index is -4.93. The molecule has 28 heteroatoms. The van der Waals surface area contributed by atoms with E-state index in [0.29, 0.717) is 25.8 Å². The number of aliphatic carboxylic acids is 2. The van der Waals surface area contributed by atoms with Crippen molar-refractivity contribution in [3.8, 4) is 0 Å². The minimum Gasteiger partial charge on any atom is -0.481 e. The maximum Gasteiger partial charge on any atom is 0.325 e. The third-order valence-corrected chi connectivity index (χ3v) is 11.5. The van der Waals surface area contributed by atoms with Gasteiger partial charge < -0.3 is 69.1 Å². The number of amides is 8. The van der Waals surface area contributed by atoms with Crippen LogP contribution in [-0.2, 0) is 58.1 Å². The summed E-state index contributed by atoms with van der Waals surface area (Å²) in [4.78, 5) is 135. The fraction of sp³-hybridized carbons (Fsp3) is 0.718. The van der Waals surface area contributed by atoms with E-state index in [2.05, 4.69) is 47.5 Å². The first-order valence-corrected chi connectivity index (χ1v) is 23.4. The van der Waals surface area contributed by atoms with Crippen molar-refractivity contribution >= 4 is 75.3 Å². The molecular formula is C39H66N12O15S. The lowest BCUT2D eigenvalue weighted by Crippen LogP contribution is -2.60. The van der Waals surface area contributed by atoms with E-state index < -0.39 is 155 Å². The van der Waals surface area contributed by atoms with Crippen LogP contribution in [0.25, 0.3) is 0 Å². The van der Waals surface area contributed by atoms with E-state index in [0.717, 1.165) is 4.90 Å². The summed E-state index contributed by atoms with van der Waals surface area (Å²) in [6.45, 7) is 7.29. The number of guanidine groups is 1. The van der Waals surface area contributed by atoms with E-state index in [-0.39, 0.29) is 38.3 Å². The molecule has 27 nitrogen and oxygen atoms in total. The summed E-state index contributed by atoms with van der Waals surface area (Å²) < 4.78 is 33.5. The number of likely N-dealkylation sites (tertiary alicyclic amines) is 1. The Morgan fingerprint density at radius 2 is 1.34 bits per heavy atom. The van der Waals surface area contributed by atoms with Gasteiger partial charge in [-0.25, -0.2) is 0 Å². The van der Waals surface area contributed by atoms with Gasteiger partial charge in [-0.15, -0.1) is 0 Å². The minimum absolute atomic E-state index is 0.0278. The molecule has 2 rings (SSSR count). The summed E-state index contributed by atoms with van der Waals surface area (Å²) in [6.07, 6.45) is 0.710. The van der Waals surface area contributed by atoms with Crippen molar-refractivity contribution in [2.75, 3.05) is 31.9 Å². The van der Waals surface area contributed by atoms with Gasteiger partial charge in [0.15, 0.2) is 5.96 Å². The fourth-order valence-electron chi connectivity index (χ4n) is 7.09. The Bertz CT molecular complexity index is 1960. The second-order valence-electron chi connectivity index (χ2n) is 17.0. The maximum atomic E-state index is 14.0. The summed E-state index contributed by atoms with van der Waals surface area (Å²) >= 11 is 0. The Morgan fingerprint density at radius 3 is 1.90 bits per heavy atom. The highest BCUT2D eigenvalue weighted by Crippen LogP contribution is 2.21. The predicted molar refractivity (Wildman–Crippen MR) is 237 cm³/mol. The van der Waals surface area contributed by atoms with Gasteiger partial charge in [-0.3, -0.25) is 57.5 Å². The van der Waals surface area contributed by atoms with Crippen LogP contribution in [-0.4, -0.2) is 174 Å². The average molecular weight is 975 g/mol. The van der Waals surface area contributed by atoms with Crippen molar-refractivity contribution in [2.45, 2.75) is 134 Å². The number of nitrogens with one attached hydrogen (secondary N) is 8. The van der Waals surface area contributed by atoms with Crippen LogP contribution in [0.1, 0.15) is 86.0 Å². The zero-order chi connectivity index (χ0) is 50.8. The van der Waals surface area contributed by atoms with Crippen molar-refractivity contribution in [1.82, 2.24) is 47.4 Å². The van der Waals surface area contributed by atoms with Gasteiger partial charge in [0.1, 0.15) is 48.0 Å². The highest BCUT2D eigenvalue weighted by Gasteiger charge is 2.41. The number of nitrogens with zero attached hydrogens (tertiary/aromatic N) is 2. The zero-order valence-corrected chi connectivity index (χ0v) is 39.0.